The third-order valence-electron chi connectivity index (χ3n) is 7.38. The number of nitrogens with zero attached hydrogens (tertiary/aromatic N) is 4. The fraction of sp³-hybridized carbons (Fsp3) is 0.481. The number of hydrogen-bond donors (Lipinski definition) is 5. The predicted octanol–water partition coefficient (Wildman–Crippen LogP) is 6.03. The van der Waals surface area contributed by atoms with E-state index in [0.717, 1.165) is 43.6 Å². The van der Waals surface area contributed by atoms with E-state index in [0.29, 0.717) is 29.3 Å². The SMILES string of the molecule is CN=C(Nc1cccc(C(F)(F)F)c1)NC1CCC(Nc2nccc(Nc3cc(C4CCCC4)[nH]n3)n2)CC1. The lowest BCUT2D eigenvalue weighted by Gasteiger charge is -2.30. The maximum Gasteiger partial charge on any atom is 0.416 e. The molecule has 0 atom stereocenters. The van der Waals surface area contributed by atoms with E-state index >= 15 is 0 Å². The monoisotopic (exact) mass is 541 g/mol. The first-order valence-electron chi connectivity index (χ1n) is 13.5. The molecule has 3 aromatic rings. The van der Waals surface area contributed by atoms with Gasteiger partial charge in [-0.05, 0) is 62.8 Å². The molecule has 5 rings (SSSR count). The maximum atomic E-state index is 13.0. The Labute approximate surface area is 225 Å². The standard InChI is InChI=1S/C27H34F3N9/c1-31-25(35-21-8-4-7-18(15-21)27(28,29)30)33-19-9-11-20(12-10-19)34-26-32-14-13-23(37-26)36-24-16-22(38-39-24)17-5-2-3-6-17/h4,7-8,13-17,19-20H,2-3,5-6,9-12H2,1H3,(H2,31,33,35)(H3,32,34,36,37,38,39). The summed E-state index contributed by atoms with van der Waals surface area (Å²) >= 11 is 0. The van der Waals surface area contributed by atoms with Crippen molar-refractivity contribution in [3.63, 3.8) is 0 Å². The van der Waals surface area contributed by atoms with Gasteiger partial charge >= 0.3 is 6.18 Å². The molecule has 2 aliphatic rings. The minimum absolute atomic E-state index is 0.155. The third-order valence-corrected chi connectivity index (χ3v) is 7.38. The highest BCUT2D eigenvalue weighted by Gasteiger charge is 2.30. The number of nitrogens with one attached hydrogen (secondary N) is 5. The molecule has 1 aromatic carbocycles. The van der Waals surface area contributed by atoms with Gasteiger partial charge in [0, 0.05) is 48.7 Å². The molecule has 0 aliphatic heterocycles. The van der Waals surface area contributed by atoms with Crippen LogP contribution in [0, 0.1) is 0 Å². The predicted molar refractivity (Wildman–Crippen MR) is 146 cm³/mol. The average Bonchev–Trinajstić information content (AvgIpc) is 3.62. The molecule has 12 heteroatoms. The van der Waals surface area contributed by atoms with Crippen LogP contribution in [0.1, 0.15) is 68.5 Å². The molecule has 0 bridgehead atoms. The topological polar surface area (TPSA) is 115 Å². The highest BCUT2D eigenvalue weighted by Crippen LogP contribution is 2.34. The Morgan fingerprint density at radius 2 is 1.74 bits per heavy atom. The summed E-state index contributed by atoms with van der Waals surface area (Å²) in [5.41, 5.74) is 0.812. The van der Waals surface area contributed by atoms with Crippen LogP contribution in [0.3, 0.4) is 0 Å². The molecule has 9 nitrogen and oxygen atoms in total. The fourth-order valence-corrected chi connectivity index (χ4v) is 5.30. The van der Waals surface area contributed by atoms with Gasteiger partial charge in [-0.1, -0.05) is 18.9 Å². The second-order valence-electron chi connectivity index (χ2n) is 10.2. The fourth-order valence-electron chi connectivity index (χ4n) is 5.30. The van der Waals surface area contributed by atoms with Gasteiger partial charge in [-0.2, -0.15) is 23.3 Å². The van der Waals surface area contributed by atoms with Gasteiger partial charge in [0.2, 0.25) is 5.95 Å². The molecule has 2 aromatic heterocycles. The molecule has 39 heavy (non-hydrogen) atoms. The summed E-state index contributed by atoms with van der Waals surface area (Å²) in [4.78, 5) is 13.2. The molecule has 2 saturated carbocycles. The molecular weight excluding hydrogens is 507 g/mol. The Hall–Kier alpha value is -3.83. The van der Waals surface area contributed by atoms with Crippen LogP contribution in [-0.4, -0.2) is 45.3 Å². The highest BCUT2D eigenvalue weighted by atomic mass is 19.4. The lowest BCUT2D eigenvalue weighted by atomic mass is 9.91. The van der Waals surface area contributed by atoms with E-state index in [1.54, 1.807) is 19.3 Å². The lowest BCUT2D eigenvalue weighted by Crippen LogP contribution is -2.43. The molecule has 0 unspecified atom stereocenters. The quantitative estimate of drug-likeness (QED) is 0.183. The van der Waals surface area contributed by atoms with Crippen LogP contribution >= 0.6 is 0 Å². The van der Waals surface area contributed by atoms with Crippen LogP contribution in [-0.2, 0) is 6.18 Å². The summed E-state index contributed by atoms with van der Waals surface area (Å²) < 4.78 is 39.1. The Balaban J connectivity index is 1.10. The zero-order valence-corrected chi connectivity index (χ0v) is 21.9. The van der Waals surface area contributed by atoms with Crippen LogP contribution in [0.25, 0.3) is 0 Å². The van der Waals surface area contributed by atoms with Crippen LogP contribution in [0.5, 0.6) is 0 Å². The van der Waals surface area contributed by atoms with Crippen LogP contribution < -0.4 is 21.3 Å². The summed E-state index contributed by atoms with van der Waals surface area (Å²) in [6.45, 7) is 0. The number of benzene rings is 1. The second kappa shape index (κ2) is 11.9. The molecule has 2 heterocycles. The van der Waals surface area contributed by atoms with Crippen molar-refractivity contribution in [1.29, 1.82) is 0 Å². The molecular formula is C27H34F3N9. The Bertz CT molecular complexity index is 1260. The van der Waals surface area contributed by atoms with Gasteiger partial charge in [-0.15, -0.1) is 0 Å². The van der Waals surface area contributed by atoms with E-state index in [1.807, 2.05) is 6.07 Å². The van der Waals surface area contributed by atoms with Gasteiger partial charge in [0.05, 0.1) is 5.56 Å². The number of halogens is 3. The van der Waals surface area contributed by atoms with Crippen molar-refractivity contribution in [1.82, 2.24) is 25.5 Å². The summed E-state index contributed by atoms with van der Waals surface area (Å²) in [6, 6.07) is 9.36. The highest BCUT2D eigenvalue weighted by molar-refractivity contribution is 5.93. The van der Waals surface area contributed by atoms with Gasteiger partial charge in [0.25, 0.3) is 0 Å². The summed E-state index contributed by atoms with van der Waals surface area (Å²) in [7, 11) is 1.60. The zero-order valence-electron chi connectivity index (χ0n) is 21.9. The number of anilines is 4. The van der Waals surface area contributed by atoms with E-state index < -0.39 is 11.7 Å². The van der Waals surface area contributed by atoms with Gasteiger partial charge in [-0.3, -0.25) is 10.1 Å². The van der Waals surface area contributed by atoms with Crippen LogP contribution in [0.4, 0.5) is 36.4 Å². The molecule has 0 saturated heterocycles. The van der Waals surface area contributed by atoms with Crippen molar-refractivity contribution in [2.45, 2.75) is 75.5 Å². The van der Waals surface area contributed by atoms with E-state index in [9.17, 15) is 13.2 Å². The first kappa shape index (κ1) is 26.8. The van der Waals surface area contributed by atoms with Gasteiger partial charge in [-0.25, -0.2) is 4.98 Å². The van der Waals surface area contributed by atoms with E-state index in [2.05, 4.69) is 52.5 Å². The van der Waals surface area contributed by atoms with Crippen LogP contribution in [0.2, 0.25) is 0 Å². The van der Waals surface area contributed by atoms with Crippen LogP contribution in [0.15, 0.2) is 47.6 Å². The molecule has 5 N–H and O–H groups in total. The number of alkyl halides is 3. The maximum absolute atomic E-state index is 13.0. The number of aliphatic imine (C=N–C) groups is 1. The van der Waals surface area contributed by atoms with Crippen molar-refractivity contribution in [3.8, 4) is 0 Å². The van der Waals surface area contributed by atoms with E-state index in [-0.39, 0.29) is 12.1 Å². The van der Waals surface area contributed by atoms with Gasteiger partial charge < -0.3 is 21.3 Å². The normalized spacial score (nSPS) is 20.6. The van der Waals surface area contributed by atoms with E-state index in [4.69, 9.17) is 0 Å². The first-order chi connectivity index (χ1) is 18.9. The third kappa shape index (κ3) is 7.18. The number of rotatable bonds is 7. The smallest absolute Gasteiger partial charge is 0.353 e. The van der Waals surface area contributed by atoms with Gasteiger partial charge in [0.15, 0.2) is 11.8 Å². The first-order valence-corrected chi connectivity index (χ1v) is 13.5. The number of hydrogen-bond acceptors (Lipinski definition) is 6. The molecule has 0 amide bonds. The van der Waals surface area contributed by atoms with Crippen molar-refractivity contribution < 1.29 is 13.2 Å². The molecule has 208 valence electrons. The van der Waals surface area contributed by atoms with Crippen molar-refractivity contribution in [2.24, 2.45) is 4.99 Å². The minimum Gasteiger partial charge on any atom is -0.353 e. The summed E-state index contributed by atoms with van der Waals surface area (Å²) in [5, 5.41) is 20.6. The summed E-state index contributed by atoms with van der Waals surface area (Å²) in [5.74, 6) is 3.00. The Kier molecular flexibility index (Phi) is 8.18. The minimum atomic E-state index is -4.39. The zero-order chi connectivity index (χ0) is 27.2. The molecule has 2 fully saturated rings. The Morgan fingerprint density at radius 3 is 2.49 bits per heavy atom. The van der Waals surface area contributed by atoms with Crippen molar-refractivity contribution >= 4 is 29.2 Å². The summed E-state index contributed by atoms with van der Waals surface area (Å²) in [6.07, 6.45) is 5.82. The lowest BCUT2D eigenvalue weighted by molar-refractivity contribution is -0.137. The second-order valence-corrected chi connectivity index (χ2v) is 10.2. The number of aromatic nitrogens is 4. The number of H-pyrrole nitrogens is 1. The number of aromatic amines is 1. The average molecular weight is 542 g/mol. The van der Waals surface area contributed by atoms with Crippen molar-refractivity contribution in [3.05, 3.63) is 53.9 Å². The Morgan fingerprint density at radius 1 is 0.974 bits per heavy atom. The molecule has 2 aliphatic carbocycles. The number of guanidine groups is 1. The van der Waals surface area contributed by atoms with Gasteiger partial charge in [0.1, 0.15) is 5.82 Å². The molecule has 0 spiro atoms. The molecule has 0 radical (unpaired) electrons. The largest absolute Gasteiger partial charge is 0.416 e. The van der Waals surface area contributed by atoms with E-state index in [1.165, 1.54) is 37.4 Å². The van der Waals surface area contributed by atoms with Crippen molar-refractivity contribution in [2.75, 3.05) is 23.0 Å².